The van der Waals surface area contributed by atoms with Crippen LogP contribution >= 0.6 is 0 Å². The molecule has 43 heavy (non-hydrogen) atoms. The zero-order valence-electron chi connectivity index (χ0n) is 23.4. The Morgan fingerprint density at radius 1 is 0.977 bits per heavy atom. The van der Waals surface area contributed by atoms with Crippen molar-refractivity contribution >= 4 is 52.3 Å². The first-order chi connectivity index (χ1) is 20.5. The van der Waals surface area contributed by atoms with E-state index in [1.165, 1.54) is 18.3 Å². The Labute approximate surface area is 245 Å². The number of rotatable bonds is 16. The van der Waals surface area contributed by atoms with Gasteiger partial charge in [-0.1, -0.05) is 0 Å². The number of carbonyl (C=O) groups is 5. The zero-order valence-corrected chi connectivity index (χ0v) is 23.4. The standard InChI is InChI=1S/C27H33N9O7/c1-2-29-20(38)9-10-21(39)30-12-11-18(37)7-8-19(26(42)43)34-24(40)15-3-5-16(6-4-15)31-13-17-14-32-23-22(33-17)25(41)36-27(28)35-23/h3-6,14,19,31H,2,7-13H2,1H3,(H,29,38)(H,30,39)(H,34,40)(H,42,43)(H3,28,32,35,36,41). The lowest BCUT2D eigenvalue weighted by Crippen LogP contribution is -2.41. The van der Waals surface area contributed by atoms with E-state index in [1.54, 1.807) is 19.1 Å². The summed E-state index contributed by atoms with van der Waals surface area (Å²) in [6.45, 7) is 2.53. The molecular weight excluding hydrogens is 562 g/mol. The molecule has 0 aliphatic carbocycles. The third-order valence-corrected chi connectivity index (χ3v) is 6.10. The molecule has 0 radical (unpaired) electrons. The van der Waals surface area contributed by atoms with Crippen LogP contribution in [-0.2, 0) is 25.7 Å². The number of Topliss-reactive ketones (excluding diaryl/α,β-unsaturated/α-hetero) is 1. The molecule has 0 aliphatic rings. The van der Waals surface area contributed by atoms with Gasteiger partial charge in [0.15, 0.2) is 11.2 Å². The zero-order chi connectivity index (χ0) is 31.4. The van der Waals surface area contributed by atoms with Crippen molar-refractivity contribution in [3.63, 3.8) is 0 Å². The molecule has 16 nitrogen and oxygen atoms in total. The minimum absolute atomic E-state index is 0.000231. The maximum Gasteiger partial charge on any atom is 0.326 e. The number of hydrogen-bond donors (Lipinski definition) is 7. The van der Waals surface area contributed by atoms with Crippen molar-refractivity contribution in [2.24, 2.45) is 0 Å². The second-order valence-corrected chi connectivity index (χ2v) is 9.41. The van der Waals surface area contributed by atoms with E-state index in [1.807, 2.05) is 0 Å². The van der Waals surface area contributed by atoms with E-state index in [2.05, 4.69) is 41.2 Å². The highest BCUT2D eigenvalue weighted by molar-refractivity contribution is 5.97. The molecule has 3 aromatic rings. The number of carbonyl (C=O) groups excluding carboxylic acids is 4. The average Bonchev–Trinajstić information content (AvgIpc) is 2.97. The topological polar surface area (TPSA) is 251 Å². The fourth-order valence-corrected chi connectivity index (χ4v) is 3.86. The van der Waals surface area contributed by atoms with Crippen LogP contribution in [0.15, 0.2) is 35.3 Å². The number of aliphatic carboxylic acids is 1. The minimum Gasteiger partial charge on any atom is -0.480 e. The van der Waals surface area contributed by atoms with Crippen molar-refractivity contribution in [2.45, 2.75) is 51.6 Å². The smallest absolute Gasteiger partial charge is 0.326 e. The van der Waals surface area contributed by atoms with E-state index < -0.39 is 23.5 Å². The molecule has 1 aromatic carbocycles. The number of benzene rings is 1. The Morgan fingerprint density at radius 3 is 2.35 bits per heavy atom. The molecule has 8 N–H and O–H groups in total. The van der Waals surface area contributed by atoms with Gasteiger partial charge in [-0.25, -0.2) is 14.8 Å². The van der Waals surface area contributed by atoms with Gasteiger partial charge in [0, 0.05) is 50.0 Å². The molecule has 0 spiro atoms. The maximum atomic E-state index is 12.7. The number of hydrogen-bond acceptors (Lipinski definition) is 11. The van der Waals surface area contributed by atoms with Gasteiger partial charge in [0.1, 0.15) is 11.8 Å². The number of H-pyrrole nitrogens is 1. The second kappa shape index (κ2) is 15.6. The summed E-state index contributed by atoms with van der Waals surface area (Å²) in [5, 5.41) is 20.2. The predicted octanol–water partition coefficient (Wildman–Crippen LogP) is -0.138. The van der Waals surface area contributed by atoms with Crippen LogP contribution in [0.25, 0.3) is 11.2 Å². The van der Waals surface area contributed by atoms with Gasteiger partial charge in [-0.2, -0.15) is 4.98 Å². The molecule has 16 heteroatoms. The van der Waals surface area contributed by atoms with Crippen LogP contribution in [0.4, 0.5) is 11.6 Å². The summed E-state index contributed by atoms with van der Waals surface area (Å²) in [6.07, 6.45) is 1.26. The van der Waals surface area contributed by atoms with Gasteiger partial charge in [0.25, 0.3) is 11.5 Å². The van der Waals surface area contributed by atoms with Crippen molar-refractivity contribution < 1.29 is 29.1 Å². The van der Waals surface area contributed by atoms with Crippen molar-refractivity contribution in [3.05, 3.63) is 52.1 Å². The van der Waals surface area contributed by atoms with Crippen molar-refractivity contribution in [1.82, 2.24) is 35.9 Å². The average molecular weight is 596 g/mol. The van der Waals surface area contributed by atoms with Crippen LogP contribution in [0.3, 0.4) is 0 Å². The van der Waals surface area contributed by atoms with Gasteiger partial charge in [-0.3, -0.25) is 29.0 Å². The number of aromatic amines is 1. The number of fused-ring (bicyclic) bond motifs is 1. The molecule has 1 atom stereocenters. The van der Waals surface area contributed by atoms with Crippen molar-refractivity contribution in [3.8, 4) is 0 Å². The van der Waals surface area contributed by atoms with E-state index in [0.29, 0.717) is 17.9 Å². The van der Waals surface area contributed by atoms with Crippen LogP contribution in [0.2, 0.25) is 0 Å². The first kappa shape index (κ1) is 32.1. The Hall–Kier alpha value is -5.41. The molecule has 1 unspecified atom stereocenters. The maximum absolute atomic E-state index is 12.7. The Kier molecular flexibility index (Phi) is 11.6. The first-order valence-electron chi connectivity index (χ1n) is 13.5. The van der Waals surface area contributed by atoms with E-state index in [0.717, 1.165) is 0 Å². The summed E-state index contributed by atoms with van der Waals surface area (Å²) < 4.78 is 0. The summed E-state index contributed by atoms with van der Waals surface area (Å²) in [5.41, 5.74) is 6.46. The second-order valence-electron chi connectivity index (χ2n) is 9.41. The molecule has 0 saturated carbocycles. The normalized spacial score (nSPS) is 11.4. The number of amides is 3. The number of nitrogens with zero attached hydrogens (tertiary/aromatic N) is 3. The predicted molar refractivity (Wildman–Crippen MR) is 155 cm³/mol. The SMILES string of the molecule is CCNC(=O)CCC(=O)NCCC(=O)CCC(NC(=O)c1ccc(NCc2cnc3nc(N)[nH]c(=O)c3n2)cc1)C(=O)O. The van der Waals surface area contributed by atoms with Crippen LogP contribution in [0, 0.1) is 0 Å². The summed E-state index contributed by atoms with van der Waals surface area (Å²) >= 11 is 0. The number of ketones is 1. The van der Waals surface area contributed by atoms with Crippen molar-refractivity contribution in [1.29, 1.82) is 0 Å². The lowest BCUT2D eigenvalue weighted by Gasteiger charge is -2.15. The number of anilines is 2. The first-order valence-corrected chi connectivity index (χ1v) is 13.5. The molecule has 0 fully saturated rings. The van der Waals surface area contributed by atoms with Gasteiger partial charge in [-0.15, -0.1) is 0 Å². The Balaban J connectivity index is 1.43. The number of nitrogens with one attached hydrogen (secondary N) is 5. The van der Waals surface area contributed by atoms with Crippen molar-refractivity contribution in [2.75, 3.05) is 24.1 Å². The van der Waals surface area contributed by atoms with Gasteiger partial charge in [0.2, 0.25) is 17.8 Å². The lowest BCUT2D eigenvalue weighted by molar-refractivity contribution is -0.139. The molecular formula is C27H33N9O7. The van der Waals surface area contributed by atoms with E-state index in [9.17, 15) is 33.9 Å². The third-order valence-electron chi connectivity index (χ3n) is 6.10. The molecule has 0 aliphatic heterocycles. The highest BCUT2D eigenvalue weighted by Gasteiger charge is 2.22. The Morgan fingerprint density at radius 2 is 1.67 bits per heavy atom. The van der Waals surface area contributed by atoms with Crippen LogP contribution in [0.5, 0.6) is 0 Å². The summed E-state index contributed by atoms with van der Waals surface area (Å²) in [7, 11) is 0. The van der Waals surface area contributed by atoms with Crippen LogP contribution in [0.1, 0.15) is 55.1 Å². The minimum atomic E-state index is -1.29. The number of nitrogens with two attached hydrogens (primary N) is 1. The van der Waals surface area contributed by atoms with Gasteiger partial charge >= 0.3 is 5.97 Å². The van der Waals surface area contributed by atoms with Gasteiger partial charge < -0.3 is 32.1 Å². The molecule has 0 saturated heterocycles. The molecule has 3 rings (SSSR count). The summed E-state index contributed by atoms with van der Waals surface area (Å²) in [4.78, 5) is 86.3. The summed E-state index contributed by atoms with van der Waals surface area (Å²) in [5.74, 6) is -2.85. The number of carboxylic acid groups (broad SMARTS) is 1. The van der Waals surface area contributed by atoms with Gasteiger partial charge in [-0.05, 0) is 37.6 Å². The monoisotopic (exact) mass is 595 g/mol. The fraction of sp³-hybridized carbons (Fsp3) is 0.370. The van der Waals surface area contributed by atoms with E-state index in [-0.39, 0.29) is 85.5 Å². The Bertz CT molecular complexity index is 1540. The molecule has 2 aromatic heterocycles. The molecule has 0 bridgehead atoms. The lowest BCUT2D eigenvalue weighted by atomic mass is 10.1. The number of aromatic nitrogens is 4. The van der Waals surface area contributed by atoms with E-state index >= 15 is 0 Å². The number of carboxylic acids is 1. The molecule has 228 valence electrons. The largest absolute Gasteiger partial charge is 0.480 e. The van der Waals surface area contributed by atoms with Crippen LogP contribution in [-0.4, -0.2) is 73.6 Å². The fourth-order valence-electron chi connectivity index (χ4n) is 3.86. The summed E-state index contributed by atoms with van der Waals surface area (Å²) in [6, 6.07) is 4.93. The molecule has 2 heterocycles. The highest BCUT2D eigenvalue weighted by atomic mass is 16.4. The highest BCUT2D eigenvalue weighted by Crippen LogP contribution is 2.12. The third kappa shape index (κ3) is 10.2. The van der Waals surface area contributed by atoms with Gasteiger partial charge in [0.05, 0.1) is 18.4 Å². The van der Waals surface area contributed by atoms with E-state index in [4.69, 9.17) is 5.73 Å². The molecule has 3 amide bonds. The van der Waals surface area contributed by atoms with Crippen LogP contribution < -0.4 is 32.6 Å². The quantitative estimate of drug-likeness (QED) is 0.114. The number of nitrogen functional groups attached to an aromatic ring is 1.